The Morgan fingerprint density at radius 1 is 1.04 bits per heavy atom. The topological polar surface area (TPSA) is 81.2 Å². The second-order valence-corrected chi connectivity index (χ2v) is 5.49. The lowest BCUT2D eigenvalue weighted by Crippen LogP contribution is -2.28. The van der Waals surface area contributed by atoms with E-state index in [9.17, 15) is 0 Å². The van der Waals surface area contributed by atoms with Crippen molar-refractivity contribution < 1.29 is 9.47 Å². The highest BCUT2D eigenvalue weighted by Gasteiger charge is 2.18. The Morgan fingerprint density at radius 3 is 2.48 bits per heavy atom. The molecule has 1 aliphatic rings. The number of aryl methyl sites for hydroxylation is 1. The molecule has 0 spiro atoms. The summed E-state index contributed by atoms with van der Waals surface area (Å²) in [5.41, 5.74) is 0.772. The van der Waals surface area contributed by atoms with Crippen LogP contribution in [-0.2, 0) is 0 Å². The largest absolute Gasteiger partial charge is 0.497 e. The van der Waals surface area contributed by atoms with E-state index >= 15 is 0 Å². The van der Waals surface area contributed by atoms with Gasteiger partial charge in [-0.05, 0) is 38.3 Å². The normalized spacial score (nSPS) is 14.0. The van der Waals surface area contributed by atoms with Crippen LogP contribution in [0.25, 0.3) is 0 Å². The minimum Gasteiger partial charge on any atom is -0.497 e. The average molecular weight is 315 g/mol. The van der Waals surface area contributed by atoms with Crippen molar-refractivity contribution in [2.75, 3.05) is 24.9 Å². The highest BCUT2D eigenvalue weighted by molar-refractivity contribution is 5.64. The average Bonchev–Trinajstić information content (AvgIpc) is 2.51. The number of methoxy groups -OCH3 is 2. The number of hydrogen-bond donors (Lipinski definition) is 2. The summed E-state index contributed by atoms with van der Waals surface area (Å²) in [5, 5.41) is 6.52. The van der Waals surface area contributed by atoms with Gasteiger partial charge in [0, 0.05) is 12.1 Å². The molecule has 0 aliphatic heterocycles. The molecule has 122 valence electrons. The van der Waals surface area contributed by atoms with Gasteiger partial charge in [0.25, 0.3) is 0 Å². The molecule has 1 fully saturated rings. The summed E-state index contributed by atoms with van der Waals surface area (Å²) in [6.07, 6.45) is 3.59. The monoisotopic (exact) mass is 315 g/mol. The predicted molar refractivity (Wildman–Crippen MR) is 88.7 cm³/mol. The maximum Gasteiger partial charge on any atom is 0.232 e. The smallest absolute Gasteiger partial charge is 0.232 e. The van der Waals surface area contributed by atoms with E-state index in [0.717, 1.165) is 11.4 Å². The van der Waals surface area contributed by atoms with Gasteiger partial charge in [-0.3, -0.25) is 0 Å². The lowest BCUT2D eigenvalue weighted by Gasteiger charge is -2.26. The highest BCUT2D eigenvalue weighted by Crippen LogP contribution is 2.31. The molecule has 0 unspecified atom stereocenters. The number of anilines is 3. The number of rotatable bonds is 6. The first kappa shape index (κ1) is 15.3. The summed E-state index contributed by atoms with van der Waals surface area (Å²) in [6, 6.07) is 6.01. The number of aromatic nitrogens is 3. The van der Waals surface area contributed by atoms with Crippen molar-refractivity contribution >= 4 is 17.6 Å². The van der Waals surface area contributed by atoms with E-state index in [-0.39, 0.29) is 0 Å². The van der Waals surface area contributed by atoms with E-state index in [2.05, 4.69) is 25.6 Å². The van der Waals surface area contributed by atoms with Crippen molar-refractivity contribution in [1.82, 2.24) is 15.0 Å². The van der Waals surface area contributed by atoms with Crippen LogP contribution in [-0.4, -0.2) is 35.2 Å². The number of ether oxygens (including phenoxy) is 2. The summed E-state index contributed by atoms with van der Waals surface area (Å²) in [4.78, 5) is 13.1. The Morgan fingerprint density at radius 2 is 1.83 bits per heavy atom. The summed E-state index contributed by atoms with van der Waals surface area (Å²) in [5.74, 6) is 3.15. The molecule has 7 heteroatoms. The summed E-state index contributed by atoms with van der Waals surface area (Å²) in [7, 11) is 3.23. The summed E-state index contributed by atoms with van der Waals surface area (Å²) in [6.45, 7) is 1.85. The third-order valence-corrected chi connectivity index (χ3v) is 3.84. The number of nitrogens with zero attached hydrogens (tertiary/aromatic N) is 3. The van der Waals surface area contributed by atoms with Crippen LogP contribution in [0.4, 0.5) is 17.6 Å². The molecule has 1 aliphatic carbocycles. The molecule has 1 heterocycles. The Balaban J connectivity index is 1.81. The molecule has 1 saturated carbocycles. The van der Waals surface area contributed by atoms with Crippen LogP contribution < -0.4 is 20.1 Å². The van der Waals surface area contributed by atoms with Crippen LogP contribution in [0.15, 0.2) is 18.2 Å². The molecule has 0 saturated heterocycles. The van der Waals surface area contributed by atoms with Gasteiger partial charge in [0.05, 0.1) is 19.9 Å². The molecule has 0 radical (unpaired) electrons. The zero-order chi connectivity index (χ0) is 16.2. The van der Waals surface area contributed by atoms with Gasteiger partial charge in [0.1, 0.15) is 17.3 Å². The quantitative estimate of drug-likeness (QED) is 0.848. The van der Waals surface area contributed by atoms with Gasteiger partial charge in [-0.25, -0.2) is 0 Å². The summed E-state index contributed by atoms with van der Waals surface area (Å²) < 4.78 is 10.6. The molecule has 1 aromatic heterocycles. The van der Waals surface area contributed by atoms with Gasteiger partial charge in [-0.15, -0.1) is 0 Å². The van der Waals surface area contributed by atoms with Crippen molar-refractivity contribution in [3.8, 4) is 11.5 Å². The molecule has 2 aromatic rings. The molecule has 7 nitrogen and oxygen atoms in total. The van der Waals surface area contributed by atoms with Crippen molar-refractivity contribution in [3.05, 3.63) is 24.0 Å². The maximum absolute atomic E-state index is 5.38. The first-order valence-corrected chi connectivity index (χ1v) is 7.66. The molecule has 0 amide bonds. The molecule has 0 bridgehead atoms. The summed E-state index contributed by atoms with van der Waals surface area (Å²) >= 11 is 0. The molecule has 23 heavy (non-hydrogen) atoms. The zero-order valence-corrected chi connectivity index (χ0v) is 13.6. The second kappa shape index (κ2) is 6.68. The van der Waals surface area contributed by atoms with E-state index in [1.807, 2.05) is 25.1 Å². The van der Waals surface area contributed by atoms with Gasteiger partial charge in [-0.2, -0.15) is 15.0 Å². The fourth-order valence-corrected chi connectivity index (χ4v) is 2.36. The van der Waals surface area contributed by atoms with Crippen molar-refractivity contribution in [2.24, 2.45) is 0 Å². The second-order valence-electron chi connectivity index (χ2n) is 5.49. The Hall–Kier alpha value is -2.57. The molecule has 2 N–H and O–H groups in total. The lowest BCUT2D eigenvalue weighted by atomic mass is 9.93. The van der Waals surface area contributed by atoms with Crippen LogP contribution in [0.5, 0.6) is 11.5 Å². The van der Waals surface area contributed by atoms with Crippen LogP contribution >= 0.6 is 0 Å². The van der Waals surface area contributed by atoms with Gasteiger partial charge in [-0.1, -0.05) is 0 Å². The minimum atomic E-state index is 0.472. The fraction of sp³-hybridized carbons (Fsp3) is 0.438. The van der Waals surface area contributed by atoms with Crippen LogP contribution in [0.3, 0.4) is 0 Å². The Bertz CT molecular complexity index is 688. The molecular formula is C16H21N5O2. The first-order valence-electron chi connectivity index (χ1n) is 7.66. The van der Waals surface area contributed by atoms with Crippen molar-refractivity contribution in [3.63, 3.8) is 0 Å². The van der Waals surface area contributed by atoms with Gasteiger partial charge in [0.15, 0.2) is 0 Å². The number of nitrogens with one attached hydrogen (secondary N) is 2. The third-order valence-electron chi connectivity index (χ3n) is 3.84. The van der Waals surface area contributed by atoms with E-state index < -0.39 is 0 Å². The minimum absolute atomic E-state index is 0.472. The van der Waals surface area contributed by atoms with Crippen LogP contribution in [0, 0.1) is 6.92 Å². The number of hydrogen-bond acceptors (Lipinski definition) is 7. The van der Waals surface area contributed by atoms with Gasteiger partial charge >= 0.3 is 0 Å². The van der Waals surface area contributed by atoms with Crippen LogP contribution in [0.2, 0.25) is 0 Å². The van der Waals surface area contributed by atoms with Gasteiger partial charge in [0.2, 0.25) is 11.9 Å². The van der Waals surface area contributed by atoms with Crippen LogP contribution in [0.1, 0.15) is 25.1 Å². The van der Waals surface area contributed by atoms with E-state index in [1.165, 1.54) is 19.3 Å². The molecule has 0 atom stereocenters. The van der Waals surface area contributed by atoms with Crippen molar-refractivity contribution in [2.45, 2.75) is 32.2 Å². The van der Waals surface area contributed by atoms with E-state index in [4.69, 9.17) is 9.47 Å². The van der Waals surface area contributed by atoms with E-state index in [0.29, 0.717) is 29.5 Å². The Kier molecular flexibility index (Phi) is 4.45. The lowest BCUT2D eigenvalue weighted by molar-refractivity contribution is 0.395. The predicted octanol–water partition coefficient (Wildman–Crippen LogP) is 2.91. The maximum atomic E-state index is 5.38. The standard InChI is InChI=1S/C16H21N5O2/c1-10-17-15(19-11-5-4-6-11)21-16(18-10)20-13-8-7-12(22-2)9-14(13)23-3/h7-9,11H,4-6H2,1-3H3,(H2,17,18,19,20,21). The highest BCUT2D eigenvalue weighted by atomic mass is 16.5. The molecule has 1 aromatic carbocycles. The van der Waals surface area contributed by atoms with E-state index in [1.54, 1.807) is 14.2 Å². The first-order chi connectivity index (χ1) is 11.2. The van der Waals surface area contributed by atoms with Gasteiger partial charge < -0.3 is 20.1 Å². The third kappa shape index (κ3) is 3.61. The zero-order valence-electron chi connectivity index (χ0n) is 13.6. The number of benzene rings is 1. The van der Waals surface area contributed by atoms with Crippen molar-refractivity contribution in [1.29, 1.82) is 0 Å². The fourth-order valence-electron chi connectivity index (χ4n) is 2.36. The Labute approximate surface area is 135 Å². The molecule has 3 rings (SSSR count). The SMILES string of the molecule is COc1ccc(Nc2nc(C)nc(NC3CCC3)n2)c(OC)c1. The molecular weight excluding hydrogens is 294 g/mol.